The largest absolute Gasteiger partial charge is 0.306 e. The van der Waals surface area contributed by atoms with Crippen LogP contribution < -0.4 is 5.56 Å². The Labute approximate surface area is 161 Å². The number of fused-ring (bicyclic) bond motifs is 4. The second-order valence-corrected chi connectivity index (χ2v) is 8.18. The van der Waals surface area contributed by atoms with Crippen molar-refractivity contribution < 1.29 is 0 Å². The molecule has 134 valence electrons. The monoisotopic (exact) mass is 372 g/mol. The molecule has 0 spiro atoms. The lowest BCUT2D eigenvalue weighted by Gasteiger charge is -2.02. The van der Waals surface area contributed by atoms with Crippen molar-refractivity contribution in [1.82, 2.24) is 9.97 Å². The highest BCUT2D eigenvalue weighted by Crippen LogP contribution is 2.33. The molecule has 0 saturated heterocycles. The van der Waals surface area contributed by atoms with Crippen LogP contribution in [0.25, 0.3) is 33.1 Å². The molecule has 2 aromatic heterocycles. The minimum Gasteiger partial charge on any atom is -0.306 e. The summed E-state index contributed by atoms with van der Waals surface area (Å²) in [5.41, 5.74) is 2.36. The van der Waals surface area contributed by atoms with Gasteiger partial charge in [-0.25, -0.2) is 4.98 Å². The number of hydrogen-bond donors (Lipinski definition) is 1. The zero-order valence-corrected chi connectivity index (χ0v) is 15.8. The molecule has 0 fully saturated rings. The molecule has 0 unspecified atom stereocenters. The number of benzene rings is 2. The predicted molar refractivity (Wildman–Crippen MR) is 114 cm³/mol. The van der Waals surface area contributed by atoms with Gasteiger partial charge in [0.05, 0.1) is 5.39 Å². The molecule has 3 nitrogen and oxygen atoms in total. The number of aromatic nitrogens is 2. The number of rotatable bonds is 2. The summed E-state index contributed by atoms with van der Waals surface area (Å²) >= 11 is 1.70. The predicted octanol–water partition coefficient (Wildman–Crippen LogP) is 5.58. The third kappa shape index (κ3) is 3.00. The Morgan fingerprint density at radius 3 is 2.78 bits per heavy atom. The van der Waals surface area contributed by atoms with Gasteiger partial charge in [-0.05, 0) is 53.7 Å². The van der Waals surface area contributed by atoms with Crippen LogP contribution in [0.5, 0.6) is 0 Å². The Bertz CT molecular complexity index is 1230. The summed E-state index contributed by atoms with van der Waals surface area (Å²) in [4.78, 5) is 22.7. The molecule has 0 radical (unpaired) electrons. The first kappa shape index (κ1) is 16.5. The van der Waals surface area contributed by atoms with Crippen molar-refractivity contribution in [2.45, 2.75) is 32.1 Å². The van der Waals surface area contributed by atoms with E-state index in [1.165, 1.54) is 40.5 Å². The minimum atomic E-state index is -0.00281. The van der Waals surface area contributed by atoms with E-state index in [9.17, 15) is 4.79 Å². The fourth-order valence-electron chi connectivity index (χ4n) is 4.00. The molecule has 2 heterocycles. The lowest BCUT2D eigenvalue weighted by atomic mass is 10.0. The van der Waals surface area contributed by atoms with Crippen LogP contribution in [0, 0.1) is 0 Å². The Morgan fingerprint density at radius 1 is 0.963 bits per heavy atom. The van der Waals surface area contributed by atoms with E-state index in [-0.39, 0.29) is 5.56 Å². The van der Waals surface area contributed by atoms with Crippen LogP contribution in [-0.2, 0) is 12.8 Å². The molecule has 1 aliphatic carbocycles. The third-order valence-electron chi connectivity index (χ3n) is 5.34. The molecular formula is C23H20N2OS. The Morgan fingerprint density at radius 2 is 1.81 bits per heavy atom. The maximum absolute atomic E-state index is 12.7. The first-order valence-electron chi connectivity index (χ1n) is 9.50. The van der Waals surface area contributed by atoms with E-state index < -0.39 is 0 Å². The highest BCUT2D eigenvalue weighted by atomic mass is 32.1. The number of aromatic amines is 1. The molecule has 0 amide bonds. The number of nitrogens with one attached hydrogen (secondary N) is 1. The van der Waals surface area contributed by atoms with Crippen molar-refractivity contribution in [2.75, 3.05) is 0 Å². The van der Waals surface area contributed by atoms with Gasteiger partial charge in [0.1, 0.15) is 10.7 Å². The lowest BCUT2D eigenvalue weighted by molar-refractivity contribution is 0.713. The highest BCUT2D eigenvalue weighted by molar-refractivity contribution is 7.18. The van der Waals surface area contributed by atoms with E-state index in [1.54, 1.807) is 11.3 Å². The number of nitrogens with zero attached hydrogens (tertiary/aromatic N) is 1. The highest BCUT2D eigenvalue weighted by Gasteiger charge is 2.18. The number of hydrogen-bond acceptors (Lipinski definition) is 3. The van der Waals surface area contributed by atoms with Gasteiger partial charge in [0.2, 0.25) is 0 Å². The summed E-state index contributed by atoms with van der Waals surface area (Å²) in [5.74, 6) is 0.622. The quantitative estimate of drug-likeness (QED) is 0.467. The van der Waals surface area contributed by atoms with Crippen molar-refractivity contribution in [2.24, 2.45) is 0 Å². The Hall–Kier alpha value is -2.72. The molecule has 2 aromatic carbocycles. The van der Waals surface area contributed by atoms with Crippen molar-refractivity contribution in [3.8, 4) is 0 Å². The summed E-state index contributed by atoms with van der Waals surface area (Å²) < 4.78 is 0. The van der Waals surface area contributed by atoms with E-state index in [0.29, 0.717) is 5.82 Å². The van der Waals surface area contributed by atoms with Gasteiger partial charge in [0, 0.05) is 4.88 Å². The van der Waals surface area contributed by atoms with Gasteiger partial charge in [-0.2, -0.15) is 0 Å². The Balaban J connectivity index is 1.57. The molecule has 4 heteroatoms. The standard InChI is InChI=1S/C23H20N2OS/c26-22-21-18-11-2-1-3-12-19(18)27-23(21)25-20(24-22)14-13-16-9-6-8-15-7-4-5-10-17(15)16/h4-10,13-14H,1-3,11-12H2,(H,24,25,26)/b14-13+. The molecule has 1 N–H and O–H groups in total. The van der Waals surface area contributed by atoms with E-state index in [1.807, 2.05) is 24.3 Å². The van der Waals surface area contributed by atoms with Gasteiger partial charge in [-0.3, -0.25) is 4.79 Å². The second kappa shape index (κ2) is 6.78. The topological polar surface area (TPSA) is 45.8 Å². The van der Waals surface area contributed by atoms with Crippen LogP contribution in [0.3, 0.4) is 0 Å². The molecule has 0 atom stereocenters. The average Bonchev–Trinajstić information content (AvgIpc) is 2.88. The fourth-order valence-corrected chi connectivity index (χ4v) is 5.27. The number of thiophene rings is 1. The SMILES string of the molecule is O=c1[nH]c(/C=C/c2cccc3ccccc23)nc2sc3c(c12)CCCCC3. The van der Waals surface area contributed by atoms with Crippen molar-refractivity contribution in [3.63, 3.8) is 0 Å². The van der Waals surface area contributed by atoms with Crippen LogP contribution in [0.2, 0.25) is 0 Å². The fraction of sp³-hybridized carbons (Fsp3) is 0.217. The molecule has 0 saturated carbocycles. The lowest BCUT2D eigenvalue weighted by Crippen LogP contribution is -2.10. The van der Waals surface area contributed by atoms with Gasteiger partial charge >= 0.3 is 0 Å². The maximum atomic E-state index is 12.7. The number of aryl methyl sites for hydroxylation is 2. The zero-order valence-electron chi connectivity index (χ0n) is 15.0. The molecule has 0 aliphatic heterocycles. The Kier molecular flexibility index (Phi) is 4.13. The van der Waals surface area contributed by atoms with E-state index >= 15 is 0 Å². The zero-order chi connectivity index (χ0) is 18.2. The maximum Gasteiger partial charge on any atom is 0.260 e. The van der Waals surface area contributed by atoms with Crippen LogP contribution in [0.1, 0.15) is 41.1 Å². The summed E-state index contributed by atoms with van der Waals surface area (Å²) in [6.45, 7) is 0. The van der Waals surface area contributed by atoms with Gasteiger partial charge < -0.3 is 4.98 Å². The van der Waals surface area contributed by atoms with E-state index in [4.69, 9.17) is 4.98 Å². The summed E-state index contributed by atoms with van der Waals surface area (Å²) in [7, 11) is 0. The first-order chi connectivity index (χ1) is 13.3. The normalized spacial score (nSPS) is 14.7. The van der Waals surface area contributed by atoms with E-state index in [2.05, 4.69) is 35.3 Å². The molecule has 27 heavy (non-hydrogen) atoms. The van der Waals surface area contributed by atoms with Crippen molar-refractivity contribution >= 4 is 44.5 Å². The smallest absolute Gasteiger partial charge is 0.260 e. The average molecular weight is 372 g/mol. The summed E-state index contributed by atoms with van der Waals surface area (Å²) in [6.07, 6.45) is 9.66. The minimum absolute atomic E-state index is 0.00281. The van der Waals surface area contributed by atoms with Crippen molar-refractivity contribution in [1.29, 1.82) is 0 Å². The van der Waals surface area contributed by atoms with Gasteiger partial charge in [-0.1, -0.05) is 55.0 Å². The first-order valence-corrected chi connectivity index (χ1v) is 10.3. The third-order valence-corrected chi connectivity index (χ3v) is 6.52. The van der Waals surface area contributed by atoms with Crippen LogP contribution >= 0.6 is 11.3 Å². The van der Waals surface area contributed by atoms with Gasteiger partial charge in [0.15, 0.2) is 0 Å². The molecule has 1 aliphatic rings. The van der Waals surface area contributed by atoms with Crippen LogP contribution in [0.4, 0.5) is 0 Å². The summed E-state index contributed by atoms with van der Waals surface area (Å²) in [5, 5.41) is 3.22. The van der Waals surface area contributed by atoms with Gasteiger partial charge in [0.25, 0.3) is 5.56 Å². The van der Waals surface area contributed by atoms with Crippen LogP contribution in [-0.4, -0.2) is 9.97 Å². The number of H-pyrrole nitrogens is 1. The molecule has 5 rings (SSSR count). The molecule has 0 bridgehead atoms. The van der Waals surface area contributed by atoms with Crippen molar-refractivity contribution in [3.05, 3.63) is 74.6 Å². The molecular weight excluding hydrogens is 352 g/mol. The summed E-state index contributed by atoms with van der Waals surface area (Å²) in [6, 6.07) is 14.6. The van der Waals surface area contributed by atoms with Gasteiger partial charge in [-0.15, -0.1) is 11.3 Å². The molecule has 4 aromatic rings. The van der Waals surface area contributed by atoms with Crippen LogP contribution in [0.15, 0.2) is 47.3 Å². The van der Waals surface area contributed by atoms with E-state index in [0.717, 1.165) is 28.6 Å². The second-order valence-electron chi connectivity index (χ2n) is 7.10.